The van der Waals surface area contributed by atoms with Gasteiger partial charge in [0.05, 0.1) is 25.5 Å². The van der Waals surface area contributed by atoms with Crippen molar-refractivity contribution in [3.05, 3.63) is 53.4 Å². The number of hydrogen-bond acceptors (Lipinski definition) is 7. The van der Waals surface area contributed by atoms with E-state index < -0.39 is 16.0 Å². The van der Waals surface area contributed by atoms with Crippen LogP contribution in [0.5, 0.6) is 11.5 Å². The van der Waals surface area contributed by atoms with Crippen LogP contribution in [0.3, 0.4) is 0 Å². The number of carboxylic acids is 1. The second-order valence-electron chi connectivity index (χ2n) is 5.55. The van der Waals surface area contributed by atoms with E-state index in [4.69, 9.17) is 14.6 Å². The van der Waals surface area contributed by atoms with Crippen molar-refractivity contribution in [3.63, 3.8) is 0 Å². The first kappa shape index (κ1) is 19.6. The van der Waals surface area contributed by atoms with Crippen LogP contribution in [0.2, 0.25) is 0 Å². The van der Waals surface area contributed by atoms with Gasteiger partial charge in [0.25, 0.3) is 10.0 Å². The molecule has 0 atom stereocenters. The van der Waals surface area contributed by atoms with E-state index in [2.05, 4.69) is 9.71 Å². The van der Waals surface area contributed by atoms with Gasteiger partial charge >= 0.3 is 5.97 Å². The number of nitrogens with zero attached hydrogens (tertiary/aromatic N) is 1. The zero-order valence-electron chi connectivity index (χ0n) is 14.9. The summed E-state index contributed by atoms with van der Waals surface area (Å²) in [5.41, 5.74) is 0.859. The van der Waals surface area contributed by atoms with Crippen molar-refractivity contribution in [1.82, 2.24) is 4.98 Å². The average molecular weight is 420 g/mol. The normalized spacial score (nSPS) is 11.1. The lowest BCUT2D eigenvalue weighted by molar-refractivity contribution is 0.0696. The van der Waals surface area contributed by atoms with Crippen molar-refractivity contribution in [1.29, 1.82) is 0 Å². The number of aromatic carboxylic acids is 1. The quantitative estimate of drug-likeness (QED) is 0.602. The standard InChI is InChI=1S/C18H16N2O6S2/c1-25-13-6-3-11(4-7-13)17-19-16(10-27-17)28(23,24)20-14-8-5-12(18(21)22)9-15(14)26-2/h3-10,20H,1-2H3,(H,21,22). The van der Waals surface area contributed by atoms with E-state index in [1.54, 1.807) is 31.4 Å². The summed E-state index contributed by atoms with van der Waals surface area (Å²) in [6.07, 6.45) is 0. The Labute approximate surface area is 165 Å². The number of anilines is 1. The summed E-state index contributed by atoms with van der Waals surface area (Å²) in [6, 6.07) is 11.0. The third-order valence-electron chi connectivity index (χ3n) is 3.79. The minimum Gasteiger partial charge on any atom is -0.497 e. The van der Waals surface area contributed by atoms with E-state index in [1.807, 2.05) is 0 Å². The number of aromatic nitrogens is 1. The molecule has 0 bridgehead atoms. The molecule has 8 nitrogen and oxygen atoms in total. The van der Waals surface area contributed by atoms with Crippen molar-refractivity contribution < 1.29 is 27.8 Å². The number of sulfonamides is 1. The predicted octanol–water partition coefficient (Wildman–Crippen LogP) is 3.33. The molecule has 0 spiro atoms. The topological polar surface area (TPSA) is 115 Å². The van der Waals surface area contributed by atoms with Gasteiger partial charge in [0, 0.05) is 10.9 Å². The number of benzene rings is 2. The molecule has 1 heterocycles. The minimum absolute atomic E-state index is 0.0183. The summed E-state index contributed by atoms with van der Waals surface area (Å²) in [5.74, 6) is -0.364. The molecular weight excluding hydrogens is 404 g/mol. The predicted molar refractivity (Wildman–Crippen MR) is 105 cm³/mol. The van der Waals surface area contributed by atoms with Gasteiger partial charge in [-0.3, -0.25) is 4.72 Å². The Hall–Kier alpha value is -3.11. The molecule has 1 aromatic heterocycles. The third kappa shape index (κ3) is 4.07. The molecule has 0 amide bonds. The first-order valence-electron chi connectivity index (χ1n) is 7.88. The highest BCUT2D eigenvalue weighted by Crippen LogP contribution is 2.31. The van der Waals surface area contributed by atoms with Gasteiger partial charge in [0.2, 0.25) is 0 Å². The van der Waals surface area contributed by atoms with Gasteiger partial charge in [-0.05, 0) is 42.5 Å². The van der Waals surface area contributed by atoms with Crippen LogP contribution in [-0.2, 0) is 10.0 Å². The van der Waals surface area contributed by atoms with Crippen molar-refractivity contribution in [2.75, 3.05) is 18.9 Å². The van der Waals surface area contributed by atoms with Crippen LogP contribution in [0.4, 0.5) is 5.69 Å². The fourth-order valence-electron chi connectivity index (χ4n) is 2.35. The van der Waals surface area contributed by atoms with E-state index in [0.29, 0.717) is 10.8 Å². The Kier molecular flexibility index (Phi) is 5.52. The average Bonchev–Trinajstić information content (AvgIpc) is 3.19. The maximum atomic E-state index is 12.7. The van der Waals surface area contributed by atoms with E-state index in [-0.39, 0.29) is 22.0 Å². The lowest BCUT2D eigenvalue weighted by Crippen LogP contribution is -2.14. The van der Waals surface area contributed by atoms with Crippen molar-refractivity contribution in [2.45, 2.75) is 5.03 Å². The number of methoxy groups -OCH3 is 2. The Morgan fingerprint density at radius 1 is 1.11 bits per heavy atom. The number of carbonyl (C=O) groups is 1. The van der Waals surface area contributed by atoms with Crippen molar-refractivity contribution in [2.24, 2.45) is 0 Å². The molecule has 0 aliphatic carbocycles. The van der Waals surface area contributed by atoms with Gasteiger partial charge in [0.15, 0.2) is 5.03 Å². The van der Waals surface area contributed by atoms with Crippen LogP contribution in [0.15, 0.2) is 52.9 Å². The van der Waals surface area contributed by atoms with E-state index >= 15 is 0 Å². The Morgan fingerprint density at radius 3 is 2.43 bits per heavy atom. The first-order chi connectivity index (χ1) is 13.3. The molecule has 2 N–H and O–H groups in total. The fraction of sp³-hybridized carbons (Fsp3) is 0.111. The number of hydrogen-bond donors (Lipinski definition) is 2. The van der Waals surface area contributed by atoms with E-state index in [0.717, 1.165) is 5.56 Å². The zero-order chi connectivity index (χ0) is 20.3. The zero-order valence-corrected chi connectivity index (χ0v) is 16.5. The summed E-state index contributed by atoms with van der Waals surface area (Å²) in [7, 11) is -1.10. The van der Waals surface area contributed by atoms with Crippen LogP contribution in [0.25, 0.3) is 10.6 Å². The van der Waals surface area contributed by atoms with Crippen LogP contribution in [-0.4, -0.2) is 38.7 Å². The highest BCUT2D eigenvalue weighted by atomic mass is 32.2. The van der Waals surface area contributed by atoms with Crippen molar-refractivity contribution >= 4 is 33.0 Å². The SMILES string of the molecule is COc1ccc(-c2nc(S(=O)(=O)Nc3ccc(C(=O)O)cc3OC)cs2)cc1. The summed E-state index contributed by atoms with van der Waals surface area (Å²) in [6.45, 7) is 0. The monoisotopic (exact) mass is 420 g/mol. The Bertz CT molecular complexity index is 1110. The molecule has 0 unspecified atom stereocenters. The van der Waals surface area contributed by atoms with Gasteiger partial charge in [-0.15, -0.1) is 11.3 Å². The second kappa shape index (κ2) is 7.87. The lowest BCUT2D eigenvalue weighted by atomic mass is 10.2. The smallest absolute Gasteiger partial charge is 0.335 e. The van der Waals surface area contributed by atoms with E-state index in [1.165, 1.54) is 42.0 Å². The molecule has 0 radical (unpaired) electrons. The molecule has 0 fully saturated rings. The van der Waals surface area contributed by atoms with Gasteiger partial charge in [-0.25, -0.2) is 9.78 Å². The number of thiazole rings is 1. The molecule has 3 rings (SSSR count). The molecule has 0 aliphatic heterocycles. The highest BCUT2D eigenvalue weighted by Gasteiger charge is 2.21. The molecule has 146 valence electrons. The Balaban J connectivity index is 1.87. The summed E-state index contributed by atoms with van der Waals surface area (Å²) in [4.78, 5) is 15.3. The number of nitrogens with one attached hydrogen (secondary N) is 1. The van der Waals surface area contributed by atoms with Crippen LogP contribution >= 0.6 is 11.3 Å². The lowest BCUT2D eigenvalue weighted by Gasteiger charge is -2.11. The summed E-state index contributed by atoms with van der Waals surface area (Å²) < 4.78 is 37.9. The maximum Gasteiger partial charge on any atom is 0.335 e. The molecule has 3 aromatic rings. The van der Waals surface area contributed by atoms with Crippen molar-refractivity contribution in [3.8, 4) is 22.1 Å². The molecule has 0 saturated carbocycles. The fourth-order valence-corrected chi connectivity index (χ4v) is 4.53. The molecule has 0 aliphatic rings. The van der Waals surface area contributed by atoms with Crippen LogP contribution < -0.4 is 14.2 Å². The molecule has 2 aromatic carbocycles. The number of carboxylic acid groups (broad SMARTS) is 1. The Morgan fingerprint density at radius 2 is 1.82 bits per heavy atom. The maximum absolute atomic E-state index is 12.7. The van der Waals surface area contributed by atoms with Gasteiger partial charge < -0.3 is 14.6 Å². The van der Waals surface area contributed by atoms with Crippen LogP contribution in [0.1, 0.15) is 10.4 Å². The van der Waals surface area contributed by atoms with Gasteiger partial charge in [-0.2, -0.15) is 8.42 Å². The highest BCUT2D eigenvalue weighted by molar-refractivity contribution is 7.92. The molecular formula is C18H16N2O6S2. The minimum atomic E-state index is -3.98. The molecule has 28 heavy (non-hydrogen) atoms. The second-order valence-corrected chi connectivity index (χ2v) is 8.03. The summed E-state index contributed by atoms with van der Waals surface area (Å²) >= 11 is 1.19. The number of rotatable bonds is 7. The van der Waals surface area contributed by atoms with Gasteiger partial charge in [0.1, 0.15) is 16.5 Å². The van der Waals surface area contributed by atoms with Gasteiger partial charge in [-0.1, -0.05) is 0 Å². The number of ether oxygens (including phenoxy) is 2. The summed E-state index contributed by atoms with van der Waals surface area (Å²) in [5, 5.41) is 10.9. The molecule has 0 saturated heterocycles. The van der Waals surface area contributed by atoms with Crippen LogP contribution in [0, 0.1) is 0 Å². The molecule has 10 heteroatoms. The largest absolute Gasteiger partial charge is 0.497 e. The first-order valence-corrected chi connectivity index (χ1v) is 10.2. The van der Waals surface area contributed by atoms with E-state index in [9.17, 15) is 13.2 Å². The third-order valence-corrected chi connectivity index (χ3v) is 6.08.